The molecule has 0 unspecified atom stereocenters. The third kappa shape index (κ3) is 3.44. The zero-order valence-corrected chi connectivity index (χ0v) is 16.1. The Morgan fingerprint density at radius 2 is 1.70 bits per heavy atom. The fourth-order valence-corrected chi connectivity index (χ4v) is 4.44. The van der Waals surface area contributed by atoms with E-state index < -0.39 is 15.3 Å². The third-order valence-electron chi connectivity index (χ3n) is 4.84. The van der Waals surface area contributed by atoms with Gasteiger partial charge in [0.2, 0.25) is 16.8 Å². The number of benzene rings is 1. The van der Waals surface area contributed by atoms with E-state index in [4.69, 9.17) is 9.47 Å². The first-order valence-electron chi connectivity index (χ1n) is 8.93. The Morgan fingerprint density at radius 3 is 2.37 bits per heavy atom. The van der Waals surface area contributed by atoms with Crippen molar-refractivity contribution in [3.63, 3.8) is 0 Å². The van der Waals surface area contributed by atoms with E-state index in [1.807, 2.05) is 30.3 Å². The number of hydrogen-bond donors (Lipinski definition) is 0. The minimum atomic E-state index is -3.20. The van der Waals surface area contributed by atoms with E-state index in [9.17, 15) is 8.42 Å². The lowest BCUT2D eigenvalue weighted by Crippen LogP contribution is -2.50. The molecular formula is C18H22N4O4S. The Labute approximate surface area is 158 Å². The molecule has 1 aromatic carbocycles. The Bertz CT molecular complexity index is 923. The van der Waals surface area contributed by atoms with Gasteiger partial charge in [-0.05, 0) is 44.2 Å². The average molecular weight is 390 g/mol. The maximum absolute atomic E-state index is 12.3. The van der Waals surface area contributed by atoms with Gasteiger partial charge in [0.25, 0.3) is 0 Å². The van der Waals surface area contributed by atoms with Crippen LogP contribution in [0.3, 0.4) is 0 Å². The number of fused-ring (bicyclic) bond motifs is 1. The predicted octanol–water partition coefficient (Wildman–Crippen LogP) is 1.73. The van der Waals surface area contributed by atoms with Crippen LogP contribution in [0.5, 0.6) is 11.5 Å². The topological polar surface area (TPSA) is 84.9 Å². The third-order valence-corrected chi connectivity index (χ3v) is 7.11. The van der Waals surface area contributed by atoms with Crippen LogP contribution < -0.4 is 14.4 Å². The molecule has 0 spiro atoms. The minimum absolute atomic E-state index is 0.238. The molecular weight excluding hydrogens is 368 g/mol. The fraction of sp³-hybridized carbons (Fsp3) is 0.444. The smallest absolute Gasteiger partial charge is 0.231 e. The lowest BCUT2D eigenvalue weighted by molar-refractivity contribution is 0.174. The molecule has 0 radical (unpaired) electrons. The molecule has 0 saturated carbocycles. The molecule has 8 nitrogen and oxygen atoms in total. The number of anilines is 1. The summed E-state index contributed by atoms with van der Waals surface area (Å²) < 4.78 is 36.8. The van der Waals surface area contributed by atoms with Crippen molar-refractivity contribution in [1.29, 1.82) is 0 Å². The van der Waals surface area contributed by atoms with Crippen LogP contribution in [0.1, 0.15) is 13.8 Å². The van der Waals surface area contributed by atoms with Crippen LogP contribution in [0.4, 0.5) is 5.82 Å². The SMILES string of the molecule is CC(C)S(=O)(=O)N1CCN(c2ccc(-c3ccc4c(c3)OCO4)nn2)CC1. The van der Waals surface area contributed by atoms with Crippen molar-refractivity contribution < 1.29 is 17.9 Å². The van der Waals surface area contributed by atoms with Gasteiger partial charge in [-0.2, -0.15) is 4.31 Å². The second-order valence-corrected chi connectivity index (χ2v) is 9.31. The molecule has 27 heavy (non-hydrogen) atoms. The molecule has 2 aliphatic rings. The van der Waals surface area contributed by atoms with E-state index in [0.29, 0.717) is 31.9 Å². The molecule has 2 aromatic rings. The first-order valence-corrected chi connectivity index (χ1v) is 10.4. The average Bonchev–Trinajstić information content (AvgIpc) is 3.16. The quantitative estimate of drug-likeness (QED) is 0.786. The van der Waals surface area contributed by atoms with Crippen molar-refractivity contribution in [3.05, 3.63) is 30.3 Å². The summed E-state index contributed by atoms with van der Waals surface area (Å²) in [6.07, 6.45) is 0. The molecule has 9 heteroatoms. The van der Waals surface area contributed by atoms with Crippen LogP contribution in [-0.4, -0.2) is 61.1 Å². The van der Waals surface area contributed by atoms with Gasteiger partial charge in [0.1, 0.15) is 0 Å². The molecule has 0 amide bonds. The number of sulfonamides is 1. The number of nitrogens with zero attached hydrogens (tertiary/aromatic N) is 4. The van der Waals surface area contributed by atoms with E-state index in [2.05, 4.69) is 15.1 Å². The van der Waals surface area contributed by atoms with Crippen LogP contribution in [0.25, 0.3) is 11.3 Å². The second kappa shape index (κ2) is 6.97. The molecule has 0 aliphatic carbocycles. The number of ether oxygens (including phenoxy) is 2. The summed E-state index contributed by atoms with van der Waals surface area (Å²) in [5.41, 5.74) is 1.66. The predicted molar refractivity (Wildman–Crippen MR) is 101 cm³/mol. The lowest BCUT2D eigenvalue weighted by atomic mass is 10.1. The first kappa shape index (κ1) is 18.0. The minimum Gasteiger partial charge on any atom is -0.454 e. The molecule has 1 aromatic heterocycles. The van der Waals surface area contributed by atoms with Crippen LogP contribution in [-0.2, 0) is 10.0 Å². The molecule has 2 aliphatic heterocycles. The summed E-state index contributed by atoms with van der Waals surface area (Å²) in [4.78, 5) is 2.06. The van der Waals surface area contributed by atoms with Gasteiger partial charge in [-0.15, -0.1) is 10.2 Å². The molecule has 144 valence electrons. The van der Waals surface area contributed by atoms with E-state index in [1.165, 1.54) is 0 Å². The molecule has 3 heterocycles. The van der Waals surface area contributed by atoms with Crippen LogP contribution in [0.15, 0.2) is 30.3 Å². The highest BCUT2D eigenvalue weighted by molar-refractivity contribution is 7.89. The summed E-state index contributed by atoms with van der Waals surface area (Å²) >= 11 is 0. The fourth-order valence-electron chi connectivity index (χ4n) is 3.17. The zero-order chi connectivity index (χ0) is 19.0. The molecule has 0 bridgehead atoms. The summed E-state index contributed by atoms with van der Waals surface area (Å²) in [7, 11) is -3.20. The van der Waals surface area contributed by atoms with Crippen molar-refractivity contribution in [3.8, 4) is 22.8 Å². The van der Waals surface area contributed by atoms with Gasteiger partial charge in [0.15, 0.2) is 17.3 Å². The van der Waals surface area contributed by atoms with Crippen LogP contribution in [0.2, 0.25) is 0 Å². The monoisotopic (exact) mass is 390 g/mol. The van der Waals surface area contributed by atoms with E-state index >= 15 is 0 Å². The van der Waals surface area contributed by atoms with Crippen molar-refractivity contribution >= 4 is 15.8 Å². The standard InChI is InChI=1S/C18H22N4O4S/c1-13(2)27(23,24)22-9-7-21(8-10-22)18-6-4-15(19-20-18)14-3-5-16-17(11-14)26-12-25-16/h3-6,11,13H,7-10,12H2,1-2H3. The zero-order valence-electron chi connectivity index (χ0n) is 15.3. The van der Waals surface area contributed by atoms with E-state index in [-0.39, 0.29) is 6.79 Å². The number of rotatable bonds is 4. The van der Waals surface area contributed by atoms with Gasteiger partial charge in [-0.1, -0.05) is 0 Å². The Kier molecular flexibility index (Phi) is 4.65. The first-order chi connectivity index (χ1) is 12.9. The highest BCUT2D eigenvalue weighted by Crippen LogP contribution is 2.35. The van der Waals surface area contributed by atoms with Gasteiger partial charge in [0.05, 0.1) is 10.9 Å². The molecule has 4 rings (SSSR count). The summed E-state index contributed by atoms with van der Waals surface area (Å²) in [5.74, 6) is 2.19. The highest BCUT2D eigenvalue weighted by Gasteiger charge is 2.29. The van der Waals surface area contributed by atoms with Gasteiger partial charge in [-0.25, -0.2) is 8.42 Å². The second-order valence-electron chi connectivity index (χ2n) is 6.82. The summed E-state index contributed by atoms with van der Waals surface area (Å²) in [6, 6.07) is 9.51. The maximum atomic E-state index is 12.3. The molecule has 1 saturated heterocycles. The van der Waals surface area contributed by atoms with Crippen LogP contribution >= 0.6 is 0 Å². The summed E-state index contributed by atoms with van der Waals surface area (Å²) in [6.45, 7) is 5.79. The Balaban J connectivity index is 1.44. The molecule has 0 N–H and O–H groups in total. The van der Waals surface area contributed by atoms with Crippen LogP contribution in [0, 0.1) is 0 Å². The van der Waals surface area contributed by atoms with Gasteiger partial charge >= 0.3 is 0 Å². The lowest BCUT2D eigenvalue weighted by Gasteiger charge is -2.35. The van der Waals surface area contributed by atoms with E-state index in [1.54, 1.807) is 18.2 Å². The normalized spacial score (nSPS) is 17.5. The number of piperazine rings is 1. The molecule has 1 fully saturated rings. The van der Waals surface area contributed by atoms with Gasteiger partial charge < -0.3 is 14.4 Å². The number of aromatic nitrogens is 2. The Morgan fingerprint density at radius 1 is 0.963 bits per heavy atom. The van der Waals surface area contributed by atoms with Crippen molar-refractivity contribution in [1.82, 2.24) is 14.5 Å². The van der Waals surface area contributed by atoms with Crippen molar-refractivity contribution in [2.45, 2.75) is 19.1 Å². The maximum Gasteiger partial charge on any atom is 0.231 e. The van der Waals surface area contributed by atoms with E-state index in [0.717, 1.165) is 22.8 Å². The largest absolute Gasteiger partial charge is 0.454 e. The van der Waals surface area contributed by atoms with Gasteiger partial charge in [-0.3, -0.25) is 0 Å². The number of hydrogen-bond acceptors (Lipinski definition) is 7. The van der Waals surface area contributed by atoms with Crippen molar-refractivity contribution in [2.24, 2.45) is 0 Å². The van der Waals surface area contributed by atoms with Gasteiger partial charge in [0, 0.05) is 31.7 Å². The Hall–Kier alpha value is -2.39. The summed E-state index contributed by atoms with van der Waals surface area (Å²) in [5, 5.41) is 8.26. The highest BCUT2D eigenvalue weighted by atomic mass is 32.2. The van der Waals surface area contributed by atoms with Crippen molar-refractivity contribution in [2.75, 3.05) is 37.9 Å². The molecule has 0 atom stereocenters.